The zero-order valence-electron chi connectivity index (χ0n) is 15.6. The number of guanidine groups is 1. The van der Waals surface area contributed by atoms with Crippen LogP contribution in [0, 0.1) is 0 Å². The van der Waals surface area contributed by atoms with Crippen LogP contribution in [0.2, 0.25) is 0 Å². The second kappa shape index (κ2) is 9.95. The van der Waals surface area contributed by atoms with Gasteiger partial charge in [-0.25, -0.2) is 4.99 Å². The van der Waals surface area contributed by atoms with E-state index in [1.54, 1.807) is 24.3 Å². The lowest BCUT2D eigenvalue weighted by Gasteiger charge is -2.26. The van der Waals surface area contributed by atoms with Gasteiger partial charge >= 0.3 is 6.18 Å². The Morgan fingerprint density at radius 3 is 2.57 bits per heavy atom. The van der Waals surface area contributed by atoms with Crippen LogP contribution in [0.15, 0.2) is 29.3 Å². The first-order valence-electron chi connectivity index (χ1n) is 9.02. The number of hydrogen-bond donors (Lipinski definition) is 3. The van der Waals surface area contributed by atoms with Gasteiger partial charge in [0.2, 0.25) is 5.91 Å². The molecule has 28 heavy (non-hydrogen) atoms. The van der Waals surface area contributed by atoms with Crippen LogP contribution in [0.3, 0.4) is 0 Å². The predicted molar refractivity (Wildman–Crippen MR) is 98.8 cm³/mol. The predicted octanol–water partition coefficient (Wildman–Crippen LogP) is 1.27. The van der Waals surface area contributed by atoms with Crippen LogP contribution < -0.4 is 16.0 Å². The highest BCUT2D eigenvalue weighted by atomic mass is 19.4. The molecule has 0 aromatic heterocycles. The number of hydrogen-bond acceptors (Lipinski definition) is 3. The number of piperazine rings is 1. The summed E-state index contributed by atoms with van der Waals surface area (Å²) in [6.07, 6.45) is -5.16. The summed E-state index contributed by atoms with van der Waals surface area (Å²) < 4.78 is 36.7. The fraction of sp³-hybridized carbons (Fsp3) is 0.500. The van der Waals surface area contributed by atoms with Crippen LogP contribution in [0.4, 0.5) is 13.2 Å². The third-order valence-electron chi connectivity index (χ3n) is 3.99. The van der Waals surface area contributed by atoms with E-state index in [1.165, 1.54) is 4.90 Å². The highest BCUT2D eigenvalue weighted by Gasteiger charge is 2.26. The molecule has 0 atom stereocenters. The molecule has 7 nitrogen and oxygen atoms in total. The van der Waals surface area contributed by atoms with E-state index in [0.717, 1.165) is 5.56 Å². The summed E-state index contributed by atoms with van der Waals surface area (Å²) >= 11 is 0. The molecular weight excluding hydrogens is 375 g/mol. The van der Waals surface area contributed by atoms with Crippen LogP contribution in [-0.2, 0) is 11.3 Å². The Kier molecular flexibility index (Phi) is 7.65. The van der Waals surface area contributed by atoms with Crippen molar-refractivity contribution >= 4 is 17.8 Å². The number of halogens is 3. The average Bonchev–Trinajstić information content (AvgIpc) is 2.65. The maximum absolute atomic E-state index is 12.4. The summed E-state index contributed by atoms with van der Waals surface area (Å²) in [7, 11) is 0. The van der Waals surface area contributed by atoms with Gasteiger partial charge in [0.05, 0.1) is 19.5 Å². The first kappa shape index (κ1) is 21.5. The van der Waals surface area contributed by atoms with E-state index >= 15 is 0 Å². The summed E-state index contributed by atoms with van der Waals surface area (Å²) in [4.78, 5) is 29.6. The molecule has 0 radical (unpaired) electrons. The third kappa shape index (κ3) is 7.09. The SMILES string of the molecule is CCNC(=NCc1ccc(C(=O)N2CCNC(=O)C2)cc1)NCCC(F)(F)F. The quantitative estimate of drug-likeness (QED) is 0.497. The van der Waals surface area contributed by atoms with Gasteiger partial charge in [0.25, 0.3) is 5.91 Å². The number of nitrogens with one attached hydrogen (secondary N) is 3. The molecule has 1 saturated heterocycles. The van der Waals surface area contributed by atoms with Crippen molar-refractivity contribution in [2.24, 2.45) is 4.99 Å². The smallest absolute Gasteiger partial charge is 0.357 e. The van der Waals surface area contributed by atoms with Crippen LogP contribution in [0.1, 0.15) is 29.3 Å². The van der Waals surface area contributed by atoms with Crippen molar-refractivity contribution in [3.8, 4) is 0 Å². The standard InChI is InChI=1S/C18H24F3N5O2/c1-2-22-17(24-8-7-18(19,20)21)25-11-13-3-5-14(6-4-13)16(28)26-10-9-23-15(27)12-26/h3-6H,2,7-12H2,1H3,(H,23,27)(H2,22,24,25). The van der Waals surface area contributed by atoms with Gasteiger partial charge in [0, 0.05) is 31.7 Å². The van der Waals surface area contributed by atoms with Gasteiger partial charge in [0.1, 0.15) is 0 Å². The third-order valence-corrected chi connectivity index (χ3v) is 3.99. The van der Waals surface area contributed by atoms with Crippen molar-refractivity contribution in [3.63, 3.8) is 0 Å². The topological polar surface area (TPSA) is 85.8 Å². The van der Waals surface area contributed by atoms with Gasteiger partial charge in [-0.2, -0.15) is 13.2 Å². The largest absolute Gasteiger partial charge is 0.390 e. The molecule has 154 valence electrons. The minimum absolute atomic E-state index is 0.0422. The highest BCUT2D eigenvalue weighted by Crippen LogP contribution is 2.18. The lowest BCUT2D eigenvalue weighted by atomic mass is 10.1. The van der Waals surface area contributed by atoms with E-state index in [2.05, 4.69) is 20.9 Å². The molecule has 1 aliphatic heterocycles. The molecular formula is C18H24F3N5O2. The Balaban J connectivity index is 1.93. The van der Waals surface area contributed by atoms with Gasteiger partial charge in [-0.1, -0.05) is 12.1 Å². The van der Waals surface area contributed by atoms with Gasteiger partial charge < -0.3 is 20.9 Å². The Hall–Kier alpha value is -2.78. The second-order valence-electron chi connectivity index (χ2n) is 6.26. The summed E-state index contributed by atoms with van der Waals surface area (Å²) in [6.45, 7) is 3.28. The number of alkyl halides is 3. The lowest BCUT2D eigenvalue weighted by Crippen LogP contribution is -2.49. The molecule has 0 saturated carbocycles. The highest BCUT2D eigenvalue weighted by molar-refractivity contribution is 5.97. The van der Waals surface area contributed by atoms with E-state index in [-0.39, 0.29) is 31.4 Å². The van der Waals surface area contributed by atoms with Crippen LogP contribution >= 0.6 is 0 Å². The van der Waals surface area contributed by atoms with Gasteiger partial charge in [-0.3, -0.25) is 9.59 Å². The number of amides is 2. The van der Waals surface area contributed by atoms with E-state index in [0.29, 0.717) is 31.2 Å². The Morgan fingerprint density at radius 2 is 1.96 bits per heavy atom. The molecule has 0 bridgehead atoms. The Morgan fingerprint density at radius 1 is 1.25 bits per heavy atom. The minimum atomic E-state index is -4.22. The maximum atomic E-state index is 12.4. The van der Waals surface area contributed by atoms with Crippen LogP contribution in [-0.4, -0.2) is 61.6 Å². The fourth-order valence-electron chi connectivity index (χ4n) is 2.58. The molecule has 1 aromatic rings. The molecule has 3 N–H and O–H groups in total. The second-order valence-corrected chi connectivity index (χ2v) is 6.26. The van der Waals surface area contributed by atoms with Gasteiger partial charge in [0.15, 0.2) is 5.96 Å². The Labute approximate surface area is 161 Å². The maximum Gasteiger partial charge on any atom is 0.390 e. The van der Waals surface area contributed by atoms with Crippen molar-refractivity contribution in [2.45, 2.75) is 26.1 Å². The molecule has 1 heterocycles. The number of carbonyl (C=O) groups excluding carboxylic acids is 2. The summed E-state index contributed by atoms with van der Waals surface area (Å²) in [5.74, 6) is -0.0992. The van der Waals surface area contributed by atoms with Crippen molar-refractivity contribution in [2.75, 3.05) is 32.7 Å². The summed E-state index contributed by atoms with van der Waals surface area (Å²) in [5, 5.41) is 8.20. The zero-order valence-corrected chi connectivity index (χ0v) is 15.6. The first-order valence-corrected chi connectivity index (χ1v) is 9.02. The van der Waals surface area contributed by atoms with E-state index in [4.69, 9.17) is 0 Å². The normalized spacial score (nSPS) is 15.2. The molecule has 1 aromatic carbocycles. The van der Waals surface area contributed by atoms with Gasteiger partial charge in [-0.15, -0.1) is 0 Å². The van der Waals surface area contributed by atoms with E-state index in [9.17, 15) is 22.8 Å². The molecule has 2 rings (SSSR count). The molecule has 0 spiro atoms. The molecule has 1 aliphatic rings. The monoisotopic (exact) mass is 399 g/mol. The van der Waals surface area contributed by atoms with Crippen molar-refractivity contribution in [3.05, 3.63) is 35.4 Å². The molecule has 2 amide bonds. The molecule has 1 fully saturated rings. The average molecular weight is 399 g/mol. The molecule has 0 aliphatic carbocycles. The zero-order chi connectivity index (χ0) is 20.6. The number of nitrogens with zero attached hydrogens (tertiary/aromatic N) is 2. The minimum Gasteiger partial charge on any atom is -0.357 e. The number of carbonyl (C=O) groups is 2. The number of benzene rings is 1. The summed E-state index contributed by atoms with van der Waals surface area (Å²) in [6, 6.07) is 6.79. The number of rotatable bonds is 6. The van der Waals surface area contributed by atoms with Crippen molar-refractivity contribution in [1.29, 1.82) is 0 Å². The molecule has 10 heteroatoms. The van der Waals surface area contributed by atoms with E-state index in [1.807, 2.05) is 6.92 Å². The molecule has 0 unspecified atom stereocenters. The van der Waals surface area contributed by atoms with Crippen molar-refractivity contribution in [1.82, 2.24) is 20.9 Å². The first-order chi connectivity index (χ1) is 13.3. The number of aliphatic imine (C=N–C) groups is 1. The Bertz CT molecular complexity index is 704. The van der Waals surface area contributed by atoms with Gasteiger partial charge in [-0.05, 0) is 24.6 Å². The summed E-state index contributed by atoms with van der Waals surface area (Å²) in [5.41, 5.74) is 1.28. The van der Waals surface area contributed by atoms with Crippen molar-refractivity contribution < 1.29 is 22.8 Å². The fourth-order valence-corrected chi connectivity index (χ4v) is 2.58. The van der Waals surface area contributed by atoms with Crippen LogP contribution in [0.25, 0.3) is 0 Å². The van der Waals surface area contributed by atoms with Crippen LogP contribution in [0.5, 0.6) is 0 Å². The van der Waals surface area contributed by atoms with E-state index < -0.39 is 12.6 Å². The lowest BCUT2D eigenvalue weighted by molar-refractivity contribution is -0.132.